The van der Waals surface area contributed by atoms with Crippen LogP contribution in [0, 0.1) is 6.92 Å². The van der Waals surface area contributed by atoms with Gasteiger partial charge in [0.05, 0.1) is 0 Å². The lowest BCUT2D eigenvalue weighted by atomic mass is 10.0. The average Bonchev–Trinajstić information content (AvgIpc) is 3.28. The second kappa shape index (κ2) is 8.05. The molecule has 4 nitrogen and oxygen atoms in total. The first-order valence-electron chi connectivity index (χ1n) is 9.43. The van der Waals surface area contributed by atoms with E-state index in [1.165, 1.54) is 17.0 Å². The Labute approximate surface area is 173 Å². The highest BCUT2D eigenvalue weighted by Crippen LogP contribution is 2.30. The molecule has 146 valence electrons. The van der Waals surface area contributed by atoms with Crippen LogP contribution in [0.4, 0.5) is 0 Å². The maximum absolute atomic E-state index is 12.7. The number of aromatic nitrogens is 1. The summed E-state index contributed by atoms with van der Waals surface area (Å²) in [5.74, 6) is -0.509. The topological polar surface area (TPSA) is 59.2 Å². The normalized spacial score (nSPS) is 11.0. The van der Waals surface area contributed by atoms with E-state index in [4.69, 9.17) is 4.74 Å². The van der Waals surface area contributed by atoms with Crippen LogP contribution in [-0.2, 0) is 17.8 Å². The predicted molar refractivity (Wildman–Crippen MR) is 116 cm³/mol. The van der Waals surface area contributed by atoms with E-state index in [0.717, 1.165) is 16.8 Å². The van der Waals surface area contributed by atoms with Crippen LogP contribution < -0.4 is 0 Å². The van der Waals surface area contributed by atoms with Gasteiger partial charge in [-0.2, -0.15) is 0 Å². The van der Waals surface area contributed by atoms with Crippen LogP contribution in [-0.4, -0.2) is 16.7 Å². The fourth-order valence-electron chi connectivity index (χ4n) is 3.63. The van der Waals surface area contributed by atoms with Crippen molar-refractivity contribution in [1.29, 1.82) is 0 Å². The number of carbonyl (C=O) groups is 2. The monoisotopic (exact) mass is 403 g/mol. The molecule has 0 spiro atoms. The Hall–Kier alpha value is -3.18. The number of fused-ring (bicyclic) bond motifs is 1. The van der Waals surface area contributed by atoms with E-state index in [1.807, 2.05) is 42.5 Å². The molecule has 2 heterocycles. The zero-order valence-corrected chi connectivity index (χ0v) is 17.1. The summed E-state index contributed by atoms with van der Waals surface area (Å²) in [4.78, 5) is 28.2. The minimum Gasteiger partial charge on any atom is -0.456 e. The van der Waals surface area contributed by atoms with E-state index in [1.54, 1.807) is 18.3 Å². The van der Waals surface area contributed by atoms with Crippen LogP contribution in [0.3, 0.4) is 0 Å². The first kappa shape index (κ1) is 19.2. The summed E-state index contributed by atoms with van der Waals surface area (Å²) in [7, 11) is 0. The van der Waals surface area contributed by atoms with Gasteiger partial charge in [-0.1, -0.05) is 48.5 Å². The number of Topliss-reactive ketones (excluding diaryl/α,β-unsaturated/α-hetero) is 1. The molecule has 0 saturated carbocycles. The molecule has 0 saturated heterocycles. The number of hydrogen-bond donors (Lipinski definition) is 1. The summed E-state index contributed by atoms with van der Waals surface area (Å²) in [5, 5.41) is 3.28. The van der Waals surface area contributed by atoms with E-state index in [-0.39, 0.29) is 12.4 Å². The minimum absolute atomic E-state index is 0.0598. The molecule has 0 aliphatic heterocycles. The first-order chi connectivity index (χ1) is 14.0. The molecule has 0 aliphatic rings. The van der Waals surface area contributed by atoms with E-state index < -0.39 is 5.97 Å². The summed E-state index contributed by atoms with van der Waals surface area (Å²) in [5.41, 5.74) is 4.38. The number of carbonyl (C=O) groups excluding carboxylic acids is 2. The van der Waals surface area contributed by atoms with Crippen LogP contribution in [0.15, 0.2) is 60.0 Å². The third-order valence-electron chi connectivity index (χ3n) is 5.02. The second-order valence-electron chi connectivity index (χ2n) is 7.03. The van der Waals surface area contributed by atoms with Crippen molar-refractivity contribution in [2.45, 2.75) is 26.9 Å². The average molecular weight is 404 g/mol. The van der Waals surface area contributed by atoms with E-state index >= 15 is 0 Å². The second-order valence-corrected chi connectivity index (χ2v) is 7.94. The fraction of sp³-hybridized carbons (Fsp3) is 0.167. The maximum atomic E-state index is 12.7. The molecule has 2 aromatic heterocycles. The van der Waals surface area contributed by atoms with Gasteiger partial charge in [-0.15, -0.1) is 11.3 Å². The summed E-state index contributed by atoms with van der Waals surface area (Å²) >= 11 is 1.68. The van der Waals surface area contributed by atoms with Crippen molar-refractivity contribution in [2.75, 3.05) is 0 Å². The van der Waals surface area contributed by atoms with Crippen molar-refractivity contribution < 1.29 is 14.3 Å². The van der Waals surface area contributed by atoms with Gasteiger partial charge in [-0.25, -0.2) is 4.79 Å². The zero-order chi connectivity index (χ0) is 20.4. The van der Waals surface area contributed by atoms with Crippen LogP contribution in [0.25, 0.3) is 10.1 Å². The molecule has 0 radical (unpaired) electrons. The Kier molecular flexibility index (Phi) is 5.32. The number of H-pyrrole nitrogens is 1. The van der Waals surface area contributed by atoms with E-state index in [2.05, 4.69) is 22.5 Å². The smallest absolute Gasteiger partial charge is 0.355 e. The summed E-state index contributed by atoms with van der Waals surface area (Å²) < 4.78 is 6.68. The molecule has 2 aromatic carbocycles. The van der Waals surface area contributed by atoms with Crippen molar-refractivity contribution in [2.24, 2.45) is 0 Å². The largest absolute Gasteiger partial charge is 0.456 e. The van der Waals surface area contributed by atoms with Gasteiger partial charge in [0.25, 0.3) is 0 Å². The van der Waals surface area contributed by atoms with Crippen molar-refractivity contribution in [3.8, 4) is 0 Å². The molecule has 0 bridgehead atoms. The third-order valence-corrected chi connectivity index (χ3v) is 6.04. The quantitative estimate of drug-likeness (QED) is 0.332. The Morgan fingerprint density at radius 2 is 1.76 bits per heavy atom. The lowest BCUT2D eigenvalue weighted by molar-refractivity contribution is 0.0465. The van der Waals surface area contributed by atoms with Gasteiger partial charge in [0.2, 0.25) is 0 Å². The number of ether oxygens (including phenoxy) is 1. The molecular weight excluding hydrogens is 382 g/mol. The lowest BCUT2D eigenvalue weighted by Crippen LogP contribution is -2.07. The summed E-state index contributed by atoms with van der Waals surface area (Å²) in [6.07, 6.45) is 0.561. The van der Waals surface area contributed by atoms with Crippen molar-refractivity contribution in [3.05, 3.63) is 93.6 Å². The minimum atomic E-state index is -0.449. The molecule has 4 aromatic rings. The van der Waals surface area contributed by atoms with Crippen LogP contribution in [0.5, 0.6) is 0 Å². The number of benzene rings is 2. The number of nitrogens with one attached hydrogen (secondary N) is 1. The number of esters is 1. The Bertz CT molecular complexity index is 1190. The maximum Gasteiger partial charge on any atom is 0.355 e. The predicted octanol–water partition coefficient (Wildman–Crippen LogP) is 5.69. The molecule has 0 amide bonds. The number of thiophene rings is 1. The summed E-state index contributed by atoms with van der Waals surface area (Å²) in [6, 6.07) is 17.7. The highest BCUT2D eigenvalue weighted by molar-refractivity contribution is 7.17. The molecule has 1 N–H and O–H groups in total. The highest BCUT2D eigenvalue weighted by atomic mass is 32.1. The molecular formula is C24H21NO3S. The number of aromatic amines is 1. The third kappa shape index (κ3) is 3.87. The van der Waals surface area contributed by atoms with Gasteiger partial charge < -0.3 is 9.72 Å². The van der Waals surface area contributed by atoms with Gasteiger partial charge >= 0.3 is 5.97 Å². The van der Waals surface area contributed by atoms with Crippen molar-refractivity contribution in [1.82, 2.24) is 4.98 Å². The molecule has 0 atom stereocenters. The van der Waals surface area contributed by atoms with Crippen LogP contribution in [0.1, 0.15) is 50.2 Å². The number of hydrogen-bond acceptors (Lipinski definition) is 4. The van der Waals surface area contributed by atoms with Crippen LogP contribution in [0.2, 0.25) is 0 Å². The zero-order valence-electron chi connectivity index (χ0n) is 16.3. The van der Waals surface area contributed by atoms with Crippen LogP contribution >= 0.6 is 11.3 Å². The van der Waals surface area contributed by atoms with Gasteiger partial charge in [-0.05, 0) is 47.4 Å². The molecule has 0 aliphatic carbocycles. The van der Waals surface area contributed by atoms with Gasteiger partial charge in [-0.3, -0.25) is 4.79 Å². The molecule has 0 fully saturated rings. The Morgan fingerprint density at radius 1 is 1.03 bits per heavy atom. The number of ketones is 1. The highest BCUT2D eigenvalue weighted by Gasteiger charge is 2.23. The fourth-order valence-corrected chi connectivity index (χ4v) is 4.59. The number of rotatable bonds is 6. The van der Waals surface area contributed by atoms with E-state index in [9.17, 15) is 9.59 Å². The van der Waals surface area contributed by atoms with Crippen molar-refractivity contribution >= 4 is 33.2 Å². The Balaban J connectivity index is 1.63. The standard InChI is InChI=1S/C24H21NO3S/c1-15-22(16(2)26)20(12-18-14-29-21-11-7-6-10-19(18)21)25-23(15)24(27)28-13-17-8-4-3-5-9-17/h3-11,14,25H,12-13H2,1-2H3. The molecule has 4 rings (SSSR count). The van der Waals surface area contributed by atoms with Crippen molar-refractivity contribution in [3.63, 3.8) is 0 Å². The summed E-state index contributed by atoms with van der Waals surface area (Å²) in [6.45, 7) is 3.52. The first-order valence-corrected chi connectivity index (χ1v) is 10.3. The van der Waals surface area contributed by atoms with E-state index in [0.29, 0.717) is 23.2 Å². The van der Waals surface area contributed by atoms with Gasteiger partial charge in [0.1, 0.15) is 12.3 Å². The lowest BCUT2D eigenvalue weighted by Gasteiger charge is -2.04. The molecule has 0 unspecified atom stereocenters. The van der Waals surface area contributed by atoms with Gasteiger partial charge in [0, 0.05) is 22.4 Å². The molecule has 5 heteroatoms. The Morgan fingerprint density at radius 3 is 2.52 bits per heavy atom. The SMILES string of the molecule is CC(=O)c1c(Cc2csc3ccccc23)[nH]c(C(=O)OCc2ccccc2)c1C. The molecule has 29 heavy (non-hydrogen) atoms. The van der Waals surface area contributed by atoms with Gasteiger partial charge in [0.15, 0.2) is 5.78 Å².